The molecule has 0 aromatic heterocycles. The SMILES string of the molecule is C[Si](C)(O[Si]1(C2CCCCC2)O[Si]2(C3CCCCC3)O[Si](O[Si](C)(C)c3ccccc3)(C3CCCCC3)O[Si]3(C4CCCCC4)O[Si](O[Si](C)(C)c4ccccc4)(C4CCCCC4)O[Si](C4CCCCC4)(O1)O[Si](C1CCCCC1)(O2)O3)c1ccccc1. The summed E-state index contributed by atoms with van der Waals surface area (Å²) in [5.41, 5.74) is -0.366. The summed E-state index contributed by atoms with van der Waals surface area (Å²) in [5.74, 6) is 0. The van der Waals surface area contributed by atoms with E-state index in [9.17, 15) is 37.0 Å². The van der Waals surface area contributed by atoms with Gasteiger partial charge in [-0.25, -0.2) is 0 Å². The minimum Gasteiger partial charge on any atom is -0.412 e. The summed E-state index contributed by atoms with van der Waals surface area (Å²) in [6, 6.07) is 33.4. The van der Waals surface area contributed by atoms with Crippen LogP contribution < -0.4 is 15.6 Å². The van der Waals surface area contributed by atoms with Crippen molar-refractivity contribution in [3.63, 3.8) is 0 Å². The van der Waals surface area contributed by atoms with Gasteiger partial charge in [-0.05, 0) is 145 Å². The van der Waals surface area contributed by atoms with Crippen molar-refractivity contribution in [2.75, 3.05) is 0 Å². The van der Waals surface area contributed by atoms with Crippen LogP contribution in [-0.2, 0) is 49.4 Å². The zero-order valence-electron chi connectivity index (χ0n) is 54.8. The lowest BCUT2D eigenvalue weighted by Crippen LogP contribution is -2.87. The molecule has 22 heteroatoms. The normalized spacial score (nSPS) is 35.8. The Balaban J connectivity index is 1.18. The molecule has 3 aromatic rings. The molecule has 3 saturated heterocycles. The van der Waals surface area contributed by atoms with Crippen LogP contribution in [0, 0.1) is 0 Å². The molecule has 88 heavy (non-hydrogen) atoms. The van der Waals surface area contributed by atoms with Crippen molar-refractivity contribution in [1.29, 1.82) is 0 Å². The quantitative estimate of drug-likeness (QED) is 0.127. The van der Waals surface area contributed by atoms with Crippen LogP contribution in [0.4, 0.5) is 0 Å². The Morgan fingerprint density at radius 3 is 0.602 bits per heavy atom. The number of rotatable bonds is 16. The van der Waals surface area contributed by atoms with Gasteiger partial charge in [-0.1, -0.05) is 226 Å². The van der Waals surface area contributed by atoms with E-state index in [4.69, 9.17) is 12.3 Å². The second-order valence-corrected chi connectivity index (χ2v) is 65.2. The smallest absolute Gasteiger partial charge is 0.412 e. The largest absolute Gasteiger partial charge is 0.482 e. The van der Waals surface area contributed by atoms with Crippen LogP contribution in [0.5, 0.6) is 0 Å². The highest BCUT2D eigenvalue weighted by Crippen LogP contribution is 2.63. The van der Waals surface area contributed by atoms with Gasteiger partial charge in [0.2, 0.25) is 25.0 Å². The third kappa shape index (κ3) is 13.6. The predicted molar refractivity (Wildman–Crippen MR) is 372 cm³/mol. The Morgan fingerprint density at radius 2 is 0.409 bits per heavy atom. The Labute approximate surface area is 541 Å². The maximum atomic E-state index is 9.26. The lowest BCUT2D eigenvalue weighted by molar-refractivity contribution is -0.0137. The molecule has 10 fully saturated rings. The molecule has 0 unspecified atom stereocenters. The van der Waals surface area contributed by atoms with Gasteiger partial charge in [-0.15, -0.1) is 0 Å². The Bertz CT molecular complexity index is 2420. The van der Waals surface area contributed by atoms with E-state index in [1.807, 2.05) is 0 Å². The fourth-order valence-electron chi connectivity index (χ4n) is 17.9. The highest BCUT2D eigenvalue weighted by atomic mass is 28.6. The molecule has 3 heterocycles. The molecule has 0 radical (unpaired) electrons. The predicted octanol–water partition coefficient (Wildman–Crippen LogP) is 17.5. The van der Waals surface area contributed by atoms with Crippen LogP contribution in [0.15, 0.2) is 91.0 Å². The maximum Gasteiger partial charge on any atom is 0.482 e. The van der Waals surface area contributed by atoms with Crippen molar-refractivity contribution < 1.29 is 49.4 Å². The minimum absolute atomic E-state index is 0.0427. The Kier molecular flexibility index (Phi) is 20.6. The van der Waals surface area contributed by atoms with Crippen LogP contribution in [0.2, 0.25) is 78.1 Å². The summed E-state index contributed by atoms with van der Waals surface area (Å²) in [5, 5.41) is 3.69. The molecular weight excluding hydrogens is 1270 g/mol. The van der Waals surface area contributed by atoms with E-state index in [0.717, 1.165) is 180 Å². The van der Waals surface area contributed by atoms with Crippen LogP contribution in [0.3, 0.4) is 0 Å². The molecule has 7 saturated carbocycles. The van der Waals surface area contributed by atoms with Gasteiger partial charge >= 0.3 is 61.6 Å². The Hall–Kier alpha value is -0.651. The first kappa shape index (κ1) is 66.0. The van der Waals surface area contributed by atoms with Crippen molar-refractivity contribution in [3.05, 3.63) is 91.0 Å². The highest BCUT2D eigenvalue weighted by molar-refractivity contribution is 7.04. The first-order valence-electron chi connectivity index (χ1n) is 36.1. The van der Waals surface area contributed by atoms with Crippen molar-refractivity contribution in [1.82, 2.24) is 0 Å². The molecule has 7 aliphatic carbocycles. The van der Waals surface area contributed by atoms with Crippen LogP contribution >= 0.6 is 0 Å². The zero-order chi connectivity index (χ0) is 60.6. The molecule has 3 aromatic carbocycles. The number of fused-ring (bicyclic) bond motifs is 3. The average molecular weight is 1380 g/mol. The van der Waals surface area contributed by atoms with Gasteiger partial charge in [-0.3, -0.25) is 0 Å². The maximum absolute atomic E-state index is 9.26. The van der Waals surface area contributed by atoms with Gasteiger partial charge in [0.15, 0.2) is 0 Å². The molecule has 0 spiro atoms. The van der Waals surface area contributed by atoms with Gasteiger partial charge < -0.3 is 49.4 Å². The van der Waals surface area contributed by atoms with E-state index in [1.165, 1.54) is 60.5 Å². The first-order chi connectivity index (χ1) is 42.5. The fraction of sp³-hybridized carbons (Fsp3) is 0.727. The van der Waals surface area contributed by atoms with Gasteiger partial charge in [0.1, 0.15) is 0 Å². The second kappa shape index (κ2) is 27.5. The average Bonchev–Trinajstić information content (AvgIpc) is 0.708. The summed E-state index contributed by atoms with van der Waals surface area (Å²) in [6.07, 6.45) is 36.4. The van der Waals surface area contributed by atoms with Crippen LogP contribution in [0.25, 0.3) is 0 Å². The summed E-state index contributed by atoms with van der Waals surface area (Å²) in [4.78, 5) is 0. The highest BCUT2D eigenvalue weighted by Gasteiger charge is 2.84. The minimum atomic E-state index is -4.36. The van der Waals surface area contributed by atoms with E-state index in [1.54, 1.807) is 0 Å². The second-order valence-electron chi connectivity index (χ2n) is 30.4. The molecule has 486 valence electrons. The van der Waals surface area contributed by atoms with Crippen molar-refractivity contribution >= 4 is 102 Å². The van der Waals surface area contributed by atoms with E-state index in [2.05, 4.69) is 130 Å². The molecule has 10 aliphatic rings. The lowest BCUT2D eigenvalue weighted by Gasteiger charge is -2.64. The zero-order valence-corrected chi connectivity index (χ0v) is 64.8. The summed E-state index contributed by atoms with van der Waals surface area (Å²) < 4.78 is 109. The molecule has 0 atom stereocenters. The van der Waals surface area contributed by atoms with Crippen molar-refractivity contribution in [3.8, 4) is 0 Å². The fourth-order valence-corrected chi connectivity index (χ4v) is 78.3. The first-order valence-corrected chi connectivity index (χ1v) is 57.5. The third-order valence-electron chi connectivity index (χ3n) is 22.9. The van der Waals surface area contributed by atoms with E-state index < -0.39 is 86.6 Å². The molecule has 0 N–H and O–H groups in total. The molecular formula is C66H110O12Si10. The molecule has 3 aliphatic heterocycles. The summed E-state index contributed by atoms with van der Waals surface area (Å²) in [6.45, 7) is 14.5. The third-order valence-corrected chi connectivity index (χ3v) is 69.1. The molecule has 12 nitrogen and oxygen atoms in total. The number of hydrogen-bond acceptors (Lipinski definition) is 12. The Morgan fingerprint density at radius 1 is 0.239 bits per heavy atom. The summed E-state index contributed by atoms with van der Waals surface area (Å²) >= 11 is 0. The molecule has 0 amide bonds. The number of hydrogen-bond donors (Lipinski definition) is 0. The van der Waals surface area contributed by atoms with E-state index >= 15 is 0 Å². The standard InChI is InChI=1S/C66H110O12Si10/c1-79(2,57-37-17-7-18-38-57)67-82(60-43-23-10-24-44-60)70-85(63-49-29-13-30-50-63)72-83(61-45-25-11-26-46-61,68-80(3,4)58-39-19-8-20-40-58)74-87(65-53-33-15-34-54-65)75-84(62-47-27-12-28-48-62,69-81(5,6)59-41-21-9-22-42-59)73-86(71-82,64-51-31-14-32-52-64)77-88(76-85,78-87)66-55-35-16-36-56-66/h7-9,17-22,37-42,60-66H,10-16,23-36,43-56H2,1-6H3. The van der Waals surface area contributed by atoms with Crippen LogP contribution in [-0.4, -0.2) is 86.6 Å². The molecule has 13 rings (SSSR count). The van der Waals surface area contributed by atoms with Crippen molar-refractivity contribution in [2.24, 2.45) is 0 Å². The van der Waals surface area contributed by atoms with Gasteiger partial charge in [0.25, 0.3) is 0 Å². The lowest BCUT2D eigenvalue weighted by atomic mass is 10.0. The van der Waals surface area contributed by atoms with E-state index in [-0.39, 0.29) is 38.8 Å². The van der Waals surface area contributed by atoms with Gasteiger partial charge in [0.05, 0.1) is 0 Å². The monoisotopic (exact) mass is 1370 g/mol. The van der Waals surface area contributed by atoms with Crippen molar-refractivity contribution in [2.45, 2.75) is 303 Å². The van der Waals surface area contributed by atoms with Crippen LogP contribution in [0.1, 0.15) is 225 Å². The van der Waals surface area contributed by atoms with Gasteiger partial charge in [-0.2, -0.15) is 0 Å². The number of benzene rings is 3. The van der Waals surface area contributed by atoms with Gasteiger partial charge in [0, 0.05) is 38.8 Å². The summed E-state index contributed by atoms with van der Waals surface area (Å²) in [7, 11) is -39.2. The van der Waals surface area contributed by atoms with E-state index in [0.29, 0.717) is 0 Å². The topological polar surface area (TPSA) is 111 Å². The molecule has 4 bridgehead atoms.